The van der Waals surface area contributed by atoms with Gasteiger partial charge in [-0.15, -0.1) is 0 Å². The van der Waals surface area contributed by atoms with Crippen LogP contribution in [0.5, 0.6) is 0 Å². The molecule has 24 heavy (non-hydrogen) atoms. The van der Waals surface area contributed by atoms with Gasteiger partial charge in [0.25, 0.3) is 0 Å². The summed E-state index contributed by atoms with van der Waals surface area (Å²) < 4.78 is 1.04. The van der Waals surface area contributed by atoms with Gasteiger partial charge in [-0.3, -0.25) is 9.59 Å². The SMILES string of the molecule is Cc1cc(NC(=O)C2CCC(C(=O)NCC(C)C)CC2)ccc1Br. The molecule has 0 unspecified atom stereocenters. The van der Waals surface area contributed by atoms with E-state index in [1.54, 1.807) is 0 Å². The topological polar surface area (TPSA) is 58.2 Å². The van der Waals surface area contributed by atoms with Crippen molar-refractivity contribution in [2.75, 3.05) is 11.9 Å². The van der Waals surface area contributed by atoms with Gasteiger partial charge in [-0.2, -0.15) is 0 Å². The lowest BCUT2D eigenvalue weighted by molar-refractivity contribution is -0.128. The van der Waals surface area contributed by atoms with Crippen molar-refractivity contribution in [2.24, 2.45) is 17.8 Å². The van der Waals surface area contributed by atoms with Crippen molar-refractivity contribution in [1.29, 1.82) is 0 Å². The van der Waals surface area contributed by atoms with Crippen LogP contribution in [-0.2, 0) is 9.59 Å². The number of benzene rings is 1. The monoisotopic (exact) mass is 394 g/mol. The molecule has 1 saturated carbocycles. The van der Waals surface area contributed by atoms with Crippen LogP contribution >= 0.6 is 15.9 Å². The Bertz CT molecular complexity index is 593. The molecular weight excluding hydrogens is 368 g/mol. The van der Waals surface area contributed by atoms with Crippen molar-refractivity contribution in [3.63, 3.8) is 0 Å². The zero-order chi connectivity index (χ0) is 17.7. The molecule has 0 radical (unpaired) electrons. The molecule has 0 bridgehead atoms. The minimum Gasteiger partial charge on any atom is -0.356 e. The van der Waals surface area contributed by atoms with E-state index in [1.165, 1.54) is 0 Å². The van der Waals surface area contributed by atoms with E-state index in [4.69, 9.17) is 0 Å². The van der Waals surface area contributed by atoms with E-state index in [0.717, 1.165) is 48.0 Å². The molecular formula is C19H27BrN2O2. The molecule has 2 N–H and O–H groups in total. The van der Waals surface area contributed by atoms with Crippen molar-refractivity contribution >= 4 is 33.4 Å². The van der Waals surface area contributed by atoms with Crippen molar-refractivity contribution in [2.45, 2.75) is 46.5 Å². The minimum absolute atomic E-state index is 0.00287. The number of rotatable bonds is 5. The van der Waals surface area contributed by atoms with Crippen LogP contribution in [-0.4, -0.2) is 18.4 Å². The summed E-state index contributed by atoms with van der Waals surface area (Å²) in [7, 11) is 0. The van der Waals surface area contributed by atoms with Gasteiger partial charge in [0.05, 0.1) is 0 Å². The van der Waals surface area contributed by atoms with Crippen LogP contribution < -0.4 is 10.6 Å². The summed E-state index contributed by atoms with van der Waals surface area (Å²) in [4.78, 5) is 24.6. The summed E-state index contributed by atoms with van der Waals surface area (Å²) in [5.74, 6) is 0.736. The van der Waals surface area contributed by atoms with Crippen LogP contribution in [0.2, 0.25) is 0 Å². The first-order chi connectivity index (χ1) is 11.4. The molecule has 0 spiro atoms. The van der Waals surface area contributed by atoms with Crippen LogP contribution in [0.1, 0.15) is 45.1 Å². The molecule has 1 aromatic rings. The van der Waals surface area contributed by atoms with Crippen LogP contribution in [0, 0.1) is 24.7 Å². The van der Waals surface area contributed by atoms with E-state index in [-0.39, 0.29) is 23.7 Å². The molecule has 0 atom stereocenters. The smallest absolute Gasteiger partial charge is 0.227 e. The van der Waals surface area contributed by atoms with Gasteiger partial charge in [0.2, 0.25) is 11.8 Å². The predicted octanol–water partition coefficient (Wildman–Crippen LogP) is 4.27. The largest absolute Gasteiger partial charge is 0.356 e. The number of carbonyl (C=O) groups excluding carboxylic acids is 2. The van der Waals surface area contributed by atoms with Gasteiger partial charge < -0.3 is 10.6 Å². The maximum Gasteiger partial charge on any atom is 0.227 e. The van der Waals surface area contributed by atoms with E-state index in [2.05, 4.69) is 40.4 Å². The molecule has 4 nitrogen and oxygen atoms in total. The molecule has 1 aliphatic carbocycles. The summed E-state index contributed by atoms with van der Waals surface area (Å²) in [5.41, 5.74) is 1.93. The molecule has 5 heteroatoms. The zero-order valence-corrected chi connectivity index (χ0v) is 16.3. The first-order valence-electron chi connectivity index (χ1n) is 8.71. The average molecular weight is 395 g/mol. The predicted molar refractivity (Wildman–Crippen MR) is 101 cm³/mol. The van der Waals surface area contributed by atoms with Gasteiger partial charge in [0.15, 0.2) is 0 Å². The Morgan fingerprint density at radius 2 is 1.71 bits per heavy atom. The molecule has 0 saturated heterocycles. The second-order valence-electron chi connectivity index (χ2n) is 7.14. The third-order valence-corrected chi connectivity index (χ3v) is 5.47. The van der Waals surface area contributed by atoms with Crippen LogP contribution in [0.3, 0.4) is 0 Å². The van der Waals surface area contributed by atoms with Crippen molar-refractivity contribution < 1.29 is 9.59 Å². The number of aryl methyl sites for hydroxylation is 1. The standard InChI is InChI=1S/C19H27BrN2O2/c1-12(2)11-21-18(23)14-4-6-15(7-5-14)19(24)22-16-8-9-17(20)13(3)10-16/h8-10,12,14-15H,4-7,11H2,1-3H3,(H,21,23)(H,22,24). The number of hydrogen-bond donors (Lipinski definition) is 2. The Balaban J connectivity index is 1.82. The Morgan fingerprint density at radius 3 is 2.25 bits per heavy atom. The van der Waals surface area contributed by atoms with Crippen molar-refractivity contribution in [1.82, 2.24) is 5.32 Å². The third kappa shape index (κ3) is 5.33. The first-order valence-corrected chi connectivity index (χ1v) is 9.51. The quantitative estimate of drug-likeness (QED) is 0.782. The summed E-state index contributed by atoms with van der Waals surface area (Å²) >= 11 is 3.46. The summed E-state index contributed by atoms with van der Waals surface area (Å²) in [6, 6.07) is 5.81. The minimum atomic E-state index is 0.00287. The second-order valence-corrected chi connectivity index (χ2v) is 8.00. The van der Waals surface area contributed by atoms with E-state index < -0.39 is 0 Å². The number of nitrogens with one attached hydrogen (secondary N) is 2. The van der Waals surface area contributed by atoms with Gasteiger partial charge in [-0.25, -0.2) is 0 Å². The number of carbonyl (C=O) groups is 2. The highest BCUT2D eigenvalue weighted by Crippen LogP contribution is 2.30. The van der Waals surface area contributed by atoms with Crippen molar-refractivity contribution in [3.8, 4) is 0 Å². The highest BCUT2D eigenvalue weighted by Gasteiger charge is 2.29. The number of hydrogen-bond acceptors (Lipinski definition) is 2. The Kier molecular flexibility index (Phi) is 6.84. The highest BCUT2D eigenvalue weighted by molar-refractivity contribution is 9.10. The fourth-order valence-corrected chi connectivity index (χ4v) is 3.28. The highest BCUT2D eigenvalue weighted by atomic mass is 79.9. The van der Waals surface area contributed by atoms with Gasteiger partial charge in [-0.1, -0.05) is 29.8 Å². The van der Waals surface area contributed by atoms with Gasteiger partial charge in [-0.05, 0) is 62.3 Å². The Labute approximate surface area is 152 Å². The van der Waals surface area contributed by atoms with E-state index >= 15 is 0 Å². The summed E-state index contributed by atoms with van der Waals surface area (Å²) in [6.07, 6.45) is 3.14. The number of halogens is 1. The molecule has 2 amide bonds. The lowest BCUT2D eigenvalue weighted by atomic mass is 9.81. The van der Waals surface area contributed by atoms with E-state index in [0.29, 0.717) is 5.92 Å². The van der Waals surface area contributed by atoms with Gasteiger partial charge in [0, 0.05) is 28.5 Å². The van der Waals surface area contributed by atoms with Gasteiger partial charge in [0.1, 0.15) is 0 Å². The molecule has 0 heterocycles. The molecule has 1 aromatic carbocycles. The van der Waals surface area contributed by atoms with Crippen LogP contribution in [0.15, 0.2) is 22.7 Å². The van der Waals surface area contributed by atoms with Crippen molar-refractivity contribution in [3.05, 3.63) is 28.2 Å². The normalized spacial score (nSPS) is 20.7. The molecule has 1 aliphatic rings. The lowest BCUT2D eigenvalue weighted by Gasteiger charge is -2.27. The fourth-order valence-electron chi connectivity index (χ4n) is 3.03. The van der Waals surface area contributed by atoms with Crippen LogP contribution in [0.25, 0.3) is 0 Å². The molecule has 132 valence electrons. The second kappa shape index (κ2) is 8.65. The third-order valence-electron chi connectivity index (χ3n) is 4.58. The number of amides is 2. The maximum absolute atomic E-state index is 12.4. The van der Waals surface area contributed by atoms with E-state index in [9.17, 15) is 9.59 Å². The molecule has 0 aliphatic heterocycles. The summed E-state index contributed by atoms with van der Waals surface area (Å²) in [6.45, 7) is 6.90. The lowest BCUT2D eigenvalue weighted by Crippen LogP contribution is -2.37. The zero-order valence-electron chi connectivity index (χ0n) is 14.7. The van der Waals surface area contributed by atoms with Crippen LogP contribution in [0.4, 0.5) is 5.69 Å². The summed E-state index contributed by atoms with van der Waals surface area (Å²) in [5, 5.41) is 6.01. The van der Waals surface area contributed by atoms with Gasteiger partial charge >= 0.3 is 0 Å². The molecule has 0 aromatic heterocycles. The first kappa shape index (κ1) is 19.0. The maximum atomic E-state index is 12.4. The average Bonchev–Trinajstić information content (AvgIpc) is 2.56. The molecule has 1 fully saturated rings. The Morgan fingerprint density at radius 1 is 1.12 bits per heavy atom. The number of anilines is 1. The Hall–Kier alpha value is -1.36. The molecule has 2 rings (SSSR count). The van der Waals surface area contributed by atoms with E-state index in [1.807, 2.05) is 25.1 Å². The fraction of sp³-hybridized carbons (Fsp3) is 0.579.